The van der Waals surface area contributed by atoms with Crippen LogP contribution >= 0.6 is 23.1 Å². The van der Waals surface area contributed by atoms with Crippen LogP contribution in [0.2, 0.25) is 0 Å². The number of thioether (sulfide) groups is 1. The molecule has 106 valence electrons. The van der Waals surface area contributed by atoms with Crippen molar-refractivity contribution in [3.05, 3.63) is 29.6 Å². The summed E-state index contributed by atoms with van der Waals surface area (Å²) >= 11 is 3.06. The second kappa shape index (κ2) is 6.53. The smallest absolute Gasteiger partial charge is 0.208 e. The lowest BCUT2D eigenvalue weighted by atomic mass is 10.2. The molecule has 0 saturated carbocycles. The van der Waals surface area contributed by atoms with Crippen LogP contribution in [0.25, 0.3) is 0 Å². The van der Waals surface area contributed by atoms with Crippen molar-refractivity contribution in [1.29, 1.82) is 0 Å². The molecule has 0 unspecified atom stereocenters. The van der Waals surface area contributed by atoms with E-state index in [4.69, 9.17) is 10.9 Å². The fourth-order valence-electron chi connectivity index (χ4n) is 1.41. The highest BCUT2D eigenvalue weighted by Gasteiger charge is 2.11. The molecule has 0 aliphatic rings. The minimum absolute atomic E-state index is 0.00689. The molecule has 2 heterocycles. The Hall–Kier alpha value is -1.87. The number of nitrogens with zero attached hydrogens (tertiary/aromatic N) is 5. The van der Waals surface area contributed by atoms with Gasteiger partial charge in [0.15, 0.2) is 10.2 Å². The standard InChI is InChI=1S/C11H14N6OS2/c1-17(2)10-14-15-11(20-10)19-6-7-4-3-5-13-8(7)9(12)16-18/h3-5,18H,6H2,1-2H3,(H2,12,16). The molecule has 0 aliphatic heterocycles. The van der Waals surface area contributed by atoms with Gasteiger partial charge in [-0.1, -0.05) is 34.3 Å². The van der Waals surface area contributed by atoms with Gasteiger partial charge < -0.3 is 15.8 Å². The van der Waals surface area contributed by atoms with Gasteiger partial charge in [-0.05, 0) is 11.6 Å². The van der Waals surface area contributed by atoms with Gasteiger partial charge in [0.25, 0.3) is 0 Å². The minimum atomic E-state index is 0.00689. The summed E-state index contributed by atoms with van der Waals surface area (Å²) in [5.41, 5.74) is 6.97. The van der Waals surface area contributed by atoms with Crippen molar-refractivity contribution in [2.75, 3.05) is 19.0 Å². The number of hydrogen-bond acceptors (Lipinski definition) is 8. The topological polar surface area (TPSA) is 101 Å². The first kappa shape index (κ1) is 14.5. The molecule has 7 nitrogen and oxygen atoms in total. The van der Waals surface area contributed by atoms with Gasteiger partial charge in [0.1, 0.15) is 5.69 Å². The minimum Gasteiger partial charge on any atom is -0.409 e. The predicted molar refractivity (Wildman–Crippen MR) is 80.5 cm³/mol. The maximum atomic E-state index is 8.75. The fourth-order valence-corrected chi connectivity index (χ4v) is 3.16. The zero-order valence-corrected chi connectivity index (χ0v) is 12.6. The summed E-state index contributed by atoms with van der Waals surface area (Å²) in [6.45, 7) is 0. The number of nitrogens with two attached hydrogens (primary N) is 1. The van der Waals surface area contributed by atoms with Crippen molar-refractivity contribution in [3.8, 4) is 0 Å². The van der Waals surface area contributed by atoms with Crippen LogP contribution in [0.3, 0.4) is 0 Å². The maximum Gasteiger partial charge on any atom is 0.208 e. The zero-order valence-electron chi connectivity index (χ0n) is 11.0. The van der Waals surface area contributed by atoms with Gasteiger partial charge in [0, 0.05) is 26.0 Å². The second-order valence-electron chi connectivity index (χ2n) is 4.03. The van der Waals surface area contributed by atoms with E-state index in [-0.39, 0.29) is 5.84 Å². The fraction of sp³-hybridized carbons (Fsp3) is 0.273. The van der Waals surface area contributed by atoms with E-state index in [1.54, 1.807) is 6.20 Å². The lowest BCUT2D eigenvalue weighted by molar-refractivity contribution is 0.318. The third-order valence-electron chi connectivity index (χ3n) is 2.37. The van der Waals surface area contributed by atoms with Gasteiger partial charge in [0.2, 0.25) is 5.13 Å². The largest absolute Gasteiger partial charge is 0.409 e. The summed E-state index contributed by atoms with van der Waals surface area (Å²) < 4.78 is 0.864. The maximum absolute atomic E-state index is 8.75. The molecule has 2 aromatic heterocycles. The molecule has 0 fully saturated rings. The second-order valence-corrected chi connectivity index (χ2v) is 6.21. The molecule has 9 heteroatoms. The molecule has 0 aliphatic carbocycles. The van der Waals surface area contributed by atoms with Crippen molar-refractivity contribution in [2.45, 2.75) is 10.1 Å². The molecule has 0 saturated heterocycles. The Morgan fingerprint density at radius 2 is 2.30 bits per heavy atom. The van der Waals surface area contributed by atoms with E-state index in [1.807, 2.05) is 31.1 Å². The third kappa shape index (κ3) is 3.36. The molecule has 0 aromatic carbocycles. The number of rotatable bonds is 5. The molecule has 0 amide bonds. The first-order chi connectivity index (χ1) is 9.61. The van der Waals surface area contributed by atoms with Crippen LogP contribution in [0, 0.1) is 0 Å². The Balaban J connectivity index is 2.10. The van der Waals surface area contributed by atoms with Gasteiger partial charge >= 0.3 is 0 Å². The normalized spacial score (nSPS) is 11.6. The summed E-state index contributed by atoms with van der Waals surface area (Å²) in [7, 11) is 3.85. The number of oxime groups is 1. The first-order valence-corrected chi connectivity index (χ1v) is 7.47. The van der Waals surface area contributed by atoms with Gasteiger partial charge in [-0.25, -0.2) is 0 Å². The van der Waals surface area contributed by atoms with Crippen molar-refractivity contribution >= 4 is 34.1 Å². The zero-order chi connectivity index (χ0) is 14.5. The summed E-state index contributed by atoms with van der Waals surface area (Å²) in [5.74, 6) is 0.633. The summed E-state index contributed by atoms with van der Waals surface area (Å²) in [5, 5.41) is 20.8. The molecule has 20 heavy (non-hydrogen) atoms. The predicted octanol–water partition coefficient (Wildman–Crippen LogP) is 1.39. The Bertz CT molecular complexity index is 612. The van der Waals surface area contributed by atoms with Crippen LogP contribution in [0.5, 0.6) is 0 Å². The van der Waals surface area contributed by atoms with Crippen LogP contribution in [-0.4, -0.2) is 40.3 Å². The Kier molecular flexibility index (Phi) is 4.74. The van der Waals surface area contributed by atoms with E-state index in [2.05, 4.69) is 20.3 Å². The summed E-state index contributed by atoms with van der Waals surface area (Å²) in [6.07, 6.45) is 1.61. The summed E-state index contributed by atoms with van der Waals surface area (Å²) in [6, 6.07) is 3.71. The Morgan fingerprint density at radius 1 is 1.50 bits per heavy atom. The number of amidine groups is 1. The molecule has 2 aromatic rings. The van der Waals surface area contributed by atoms with E-state index in [0.29, 0.717) is 11.4 Å². The highest BCUT2D eigenvalue weighted by molar-refractivity contribution is 8.00. The van der Waals surface area contributed by atoms with Gasteiger partial charge in [-0.15, -0.1) is 10.2 Å². The number of aromatic nitrogens is 3. The molecule has 0 bridgehead atoms. The number of anilines is 1. The highest BCUT2D eigenvalue weighted by Crippen LogP contribution is 2.29. The highest BCUT2D eigenvalue weighted by atomic mass is 32.2. The van der Waals surface area contributed by atoms with Gasteiger partial charge in [-0.2, -0.15) is 0 Å². The SMILES string of the molecule is CN(C)c1nnc(SCc2cccnc2C(N)=NO)s1. The quantitative estimate of drug-likeness (QED) is 0.283. The van der Waals surface area contributed by atoms with Crippen molar-refractivity contribution < 1.29 is 5.21 Å². The van der Waals surface area contributed by atoms with E-state index < -0.39 is 0 Å². The van der Waals surface area contributed by atoms with Crippen molar-refractivity contribution in [1.82, 2.24) is 15.2 Å². The lowest BCUT2D eigenvalue weighted by Crippen LogP contribution is -2.17. The average molecular weight is 310 g/mol. The van der Waals surface area contributed by atoms with Gasteiger partial charge in [-0.3, -0.25) is 4.98 Å². The molecule has 2 rings (SSSR count). The molecule has 0 radical (unpaired) electrons. The van der Waals surface area contributed by atoms with Gasteiger partial charge in [0.05, 0.1) is 0 Å². The first-order valence-electron chi connectivity index (χ1n) is 5.67. The Labute approximate surface area is 124 Å². The number of pyridine rings is 1. The lowest BCUT2D eigenvalue weighted by Gasteiger charge is -2.05. The van der Waals surface area contributed by atoms with Crippen LogP contribution in [0.4, 0.5) is 5.13 Å². The van der Waals surface area contributed by atoms with Crippen molar-refractivity contribution in [2.24, 2.45) is 10.9 Å². The molecular formula is C11H14N6OS2. The van der Waals surface area contributed by atoms with E-state index in [0.717, 1.165) is 15.0 Å². The molecular weight excluding hydrogens is 296 g/mol. The summed E-state index contributed by atoms with van der Waals surface area (Å²) in [4.78, 5) is 6.04. The molecule has 0 spiro atoms. The number of hydrogen-bond donors (Lipinski definition) is 2. The van der Waals surface area contributed by atoms with Crippen LogP contribution in [-0.2, 0) is 5.75 Å². The molecule has 3 N–H and O–H groups in total. The van der Waals surface area contributed by atoms with E-state index in [9.17, 15) is 0 Å². The van der Waals surface area contributed by atoms with Crippen LogP contribution in [0.15, 0.2) is 27.8 Å². The van der Waals surface area contributed by atoms with Crippen LogP contribution in [0.1, 0.15) is 11.3 Å². The average Bonchev–Trinajstić information content (AvgIpc) is 2.93. The van der Waals surface area contributed by atoms with E-state index >= 15 is 0 Å². The monoisotopic (exact) mass is 310 g/mol. The van der Waals surface area contributed by atoms with Crippen LogP contribution < -0.4 is 10.6 Å². The van der Waals surface area contributed by atoms with E-state index in [1.165, 1.54) is 23.1 Å². The van der Waals surface area contributed by atoms with Crippen molar-refractivity contribution in [3.63, 3.8) is 0 Å². The molecule has 0 atom stereocenters. The third-order valence-corrected chi connectivity index (χ3v) is 4.64. The Morgan fingerprint density at radius 3 is 2.95 bits per heavy atom.